The van der Waals surface area contributed by atoms with E-state index >= 15 is 0 Å². The van der Waals surface area contributed by atoms with E-state index in [0.29, 0.717) is 28.9 Å². The highest BCUT2D eigenvalue weighted by Gasteiger charge is 2.27. The zero-order chi connectivity index (χ0) is 23.7. The Balaban J connectivity index is 1.50. The first kappa shape index (κ1) is 22.5. The number of anilines is 1. The van der Waals surface area contributed by atoms with Gasteiger partial charge in [-0.25, -0.2) is 9.97 Å². The molecule has 6 nitrogen and oxygen atoms in total. The molecule has 0 spiro atoms. The van der Waals surface area contributed by atoms with E-state index in [1.807, 2.05) is 11.0 Å². The summed E-state index contributed by atoms with van der Waals surface area (Å²) in [6, 6.07) is 12.1. The lowest BCUT2D eigenvalue weighted by molar-refractivity contribution is -0.129. The fourth-order valence-corrected chi connectivity index (χ4v) is 5.32. The molecule has 1 amide bonds. The van der Waals surface area contributed by atoms with Gasteiger partial charge in [0.25, 0.3) is 0 Å². The Bertz CT molecular complexity index is 1200. The highest BCUT2D eigenvalue weighted by molar-refractivity contribution is 5.79. The second kappa shape index (κ2) is 9.50. The van der Waals surface area contributed by atoms with Gasteiger partial charge < -0.3 is 16.0 Å². The summed E-state index contributed by atoms with van der Waals surface area (Å²) < 4.78 is 13.7. The molecular formula is C27H30FN5O. The van der Waals surface area contributed by atoms with Gasteiger partial charge >= 0.3 is 0 Å². The van der Waals surface area contributed by atoms with Crippen molar-refractivity contribution in [3.8, 4) is 22.3 Å². The summed E-state index contributed by atoms with van der Waals surface area (Å²) in [5.74, 6) is 0.423. The first-order chi connectivity index (χ1) is 16.5. The molecule has 2 aliphatic rings. The first-order valence-electron chi connectivity index (χ1n) is 12.0. The summed E-state index contributed by atoms with van der Waals surface area (Å²) in [5.41, 5.74) is 12.2. The Hall–Kier alpha value is -3.32. The Kier molecular flexibility index (Phi) is 6.28. The van der Waals surface area contributed by atoms with Gasteiger partial charge in [0.2, 0.25) is 11.9 Å². The van der Waals surface area contributed by atoms with Gasteiger partial charge in [0, 0.05) is 55.6 Å². The van der Waals surface area contributed by atoms with Crippen molar-refractivity contribution in [1.29, 1.82) is 0 Å². The topological polar surface area (TPSA) is 84.1 Å². The van der Waals surface area contributed by atoms with Gasteiger partial charge in [0.05, 0.1) is 0 Å². The lowest BCUT2D eigenvalue weighted by atomic mass is 9.82. The van der Waals surface area contributed by atoms with Gasteiger partial charge in [-0.3, -0.25) is 4.79 Å². The number of nitrogens with one attached hydrogen (secondary N) is 1. The molecule has 2 fully saturated rings. The number of nitrogen functional groups attached to an aromatic ring is 1. The number of aromatic nitrogens is 2. The number of piperidine rings is 1. The number of hydrogen-bond acceptors (Lipinski definition) is 5. The van der Waals surface area contributed by atoms with Crippen LogP contribution >= 0.6 is 0 Å². The fourth-order valence-electron chi connectivity index (χ4n) is 5.32. The average Bonchev–Trinajstić information content (AvgIpc) is 3.39. The summed E-state index contributed by atoms with van der Waals surface area (Å²) >= 11 is 0. The maximum absolute atomic E-state index is 13.7. The number of pyridine rings is 2. The lowest BCUT2D eigenvalue weighted by Crippen LogP contribution is -2.36. The molecule has 1 atom stereocenters. The van der Waals surface area contributed by atoms with Crippen LogP contribution in [0.1, 0.15) is 55.7 Å². The normalized spacial score (nSPS) is 18.9. The molecule has 0 saturated carbocycles. The van der Waals surface area contributed by atoms with Crippen LogP contribution in [0.4, 0.5) is 10.2 Å². The molecule has 3 aromatic rings. The van der Waals surface area contributed by atoms with Gasteiger partial charge in [-0.15, -0.1) is 0 Å². The van der Waals surface area contributed by atoms with Crippen molar-refractivity contribution in [1.82, 2.24) is 20.2 Å². The number of nitrogens with zero attached hydrogens (tertiary/aromatic N) is 3. The fraction of sp³-hybridized carbons (Fsp3) is 0.370. The number of benzene rings is 1. The summed E-state index contributed by atoms with van der Waals surface area (Å²) in [4.78, 5) is 21.8. The third-order valence-corrected chi connectivity index (χ3v) is 7.19. The van der Waals surface area contributed by atoms with Crippen LogP contribution in [0.3, 0.4) is 0 Å². The standard InChI is InChI=1S/C27H30FN5O/c1-17(34)33-11-7-18(8-12-33)22-5-4-19(13-24(22)25-3-2-9-30-25)21-14-23(27(29)32-16-21)20-6-10-31-26(28)15-20/h4-6,10,13-16,18,25,30H,2-3,7-9,11-12H2,1H3,(H2,29,32). The Morgan fingerprint density at radius 2 is 1.85 bits per heavy atom. The molecule has 4 heterocycles. The molecule has 0 radical (unpaired) electrons. The zero-order valence-electron chi connectivity index (χ0n) is 19.4. The minimum absolute atomic E-state index is 0.159. The highest BCUT2D eigenvalue weighted by atomic mass is 19.1. The molecule has 0 bridgehead atoms. The minimum atomic E-state index is -0.544. The number of rotatable bonds is 4. The highest BCUT2D eigenvalue weighted by Crippen LogP contribution is 2.38. The summed E-state index contributed by atoms with van der Waals surface area (Å²) in [7, 11) is 0. The smallest absolute Gasteiger partial charge is 0.219 e. The number of amides is 1. The van der Waals surface area contributed by atoms with E-state index in [-0.39, 0.29) is 5.91 Å². The number of carbonyl (C=O) groups excluding carboxylic acids is 1. The SMILES string of the molecule is CC(=O)N1CCC(c2ccc(-c3cnc(N)c(-c4ccnc(F)c4)c3)cc2C2CCCN2)CC1. The van der Waals surface area contributed by atoms with Crippen LogP contribution in [-0.4, -0.2) is 40.4 Å². The molecular weight excluding hydrogens is 429 g/mol. The van der Waals surface area contributed by atoms with Gasteiger partial charge in [-0.1, -0.05) is 12.1 Å². The molecule has 2 aliphatic heterocycles. The van der Waals surface area contributed by atoms with Crippen molar-refractivity contribution in [2.75, 3.05) is 25.4 Å². The molecule has 5 rings (SSSR count). The number of likely N-dealkylation sites (tertiary alicyclic amines) is 1. The zero-order valence-corrected chi connectivity index (χ0v) is 19.4. The second-order valence-electron chi connectivity index (χ2n) is 9.30. The summed E-state index contributed by atoms with van der Waals surface area (Å²) in [5, 5.41) is 3.66. The molecule has 176 valence electrons. The van der Waals surface area contributed by atoms with Crippen LogP contribution in [0.15, 0.2) is 48.8 Å². The second-order valence-corrected chi connectivity index (χ2v) is 9.30. The summed E-state index contributed by atoms with van der Waals surface area (Å²) in [6.45, 7) is 4.30. The van der Waals surface area contributed by atoms with E-state index in [1.165, 1.54) is 23.4 Å². The van der Waals surface area contributed by atoms with Crippen LogP contribution in [0, 0.1) is 5.95 Å². The predicted molar refractivity (Wildman–Crippen MR) is 131 cm³/mol. The number of carbonyl (C=O) groups is 1. The number of hydrogen-bond donors (Lipinski definition) is 2. The first-order valence-corrected chi connectivity index (χ1v) is 12.0. The Morgan fingerprint density at radius 1 is 1.03 bits per heavy atom. The van der Waals surface area contributed by atoms with Crippen LogP contribution < -0.4 is 11.1 Å². The van der Waals surface area contributed by atoms with Gasteiger partial charge in [0.1, 0.15) is 5.82 Å². The molecule has 2 aromatic heterocycles. The van der Waals surface area contributed by atoms with Crippen molar-refractivity contribution >= 4 is 11.7 Å². The van der Waals surface area contributed by atoms with Crippen molar-refractivity contribution in [2.24, 2.45) is 0 Å². The van der Waals surface area contributed by atoms with Crippen molar-refractivity contribution in [2.45, 2.75) is 44.6 Å². The van der Waals surface area contributed by atoms with Crippen molar-refractivity contribution in [3.05, 3.63) is 65.9 Å². The maximum Gasteiger partial charge on any atom is 0.219 e. The Labute approximate surface area is 199 Å². The quantitative estimate of drug-likeness (QED) is 0.554. The minimum Gasteiger partial charge on any atom is -0.383 e. The molecule has 7 heteroatoms. The predicted octanol–water partition coefficient (Wildman–Crippen LogP) is 4.68. The van der Waals surface area contributed by atoms with E-state index < -0.39 is 5.95 Å². The largest absolute Gasteiger partial charge is 0.383 e. The van der Waals surface area contributed by atoms with Crippen molar-refractivity contribution in [3.63, 3.8) is 0 Å². The molecule has 2 saturated heterocycles. The van der Waals surface area contributed by atoms with E-state index in [2.05, 4.69) is 33.5 Å². The van der Waals surface area contributed by atoms with Crippen LogP contribution in [-0.2, 0) is 4.79 Å². The third-order valence-electron chi connectivity index (χ3n) is 7.19. The van der Waals surface area contributed by atoms with E-state index in [4.69, 9.17) is 5.73 Å². The molecule has 3 N–H and O–H groups in total. The van der Waals surface area contributed by atoms with Crippen molar-refractivity contribution < 1.29 is 9.18 Å². The van der Waals surface area contributed by atoms with Gasteiger partial charge in [0.15, 0.2) is 0 Å². The molecule has 1 aromatic carbocycles. The monoisotopic (exact) mass is 459 g/mol. The van der Waals surface area contributed by atoms with Gasteiger partial charge in [-0.05, 0) is 78.6 Å². The van der Waals surface area contributed by atoms with Crippen LogP contribution in [0.5, 0.6) is 0 Å². The number of nitrogens with two attached hydrogens (primary N) is 1. The maximum atomic E-state index is 13.7. The van der Waals surface area contributed by atoms with Crippen LogP contribution in [0.2, 0.25) is 0 Å². The number of halogens is 1. The Morgan fingerprint density at radius 3 is 2.56 bits per heavy atom. The van der Waals surface area contributed by atoms with E-state index in [0.717, 1.165) is 56.4 Å². The van der Waals surface area contributed by atoms with Crippen LogP contribution in [0.25, 0.3) is 22.3 Å². The average molecular weight is 460 g/mol. The third kappa shape index (κ3) is 4.53. The lowest BCUT2D eigenvalue weighted by Gasteiger charge is -2.33. The van der Waals surface area contributed by atoms with Gasteiger partial charge in [-0.2, -0.15) is 4.39 Å². The summed E-state index contributed by atoms with van der Waals surface area (Å²) in [6.07, 6.45) is 7.47. The molecule has 1 unspecified atom stereocenters. The molecule has 0 aliphatic carbocycles. The molecule has 34 heavy (non-hydrogen) atoms. The van der Waals surface area contributed by atoms with E-state index in [9.17, 15) is 9.18 Å². The van der Waals surface area contributed by atoms with E-state index in [1.54, 1.807) is 19.2 Å².